The molecular weight excluding hydrogens is 492 g/mol. The molecule has 6 nitrogen and oxygen atoms in total. The van der Waals surface area contributed by atoms with Gasteiger partial charge in [0.1, 0.15) is 11.3 Å². The highest BCUT2D eigenvalue weighted by molar-refractivity contribution is 5.92. The van der Waals surface area contributed by atoms with Crippen LogP contribution in [0.15, 0.2) is 60.4 Å². The Morgan fingerprint density at radius 3 is 2.05 bits per heavy atom. The molecule has 0 heterocycles. The first kappa shape index (κ1) is 33.7. The fraction of sp³-hybridized carbons (Fsp3) is 0.515. The van der Waals surface area contributed by atoms with Crippen LogP contribution in [0.5, 0.6) is 5.75 Å². The zero-order valence-corrected chi connectivity index (χ0v) is 24.3. The summed E-state index contributed by atoms with van der Waals surface area (Å²) in [6.07, 6.45) is 14.2. The first-order chi connectivity index (χ1) is 18.9. The maximum absolute atomic E-state index is 12.1. The molecule has 39 heavy (non-hydrogen) atoms. The van der Waals surface area contributed by atoms with E-state index in [1.807, 2.05) is 37.3 Å². The number of hydrogen-bond acceptors (Lipinski definition) is 6. The number of phenolic OH excluding ortho intramolecular Hbond substituents is 1. The Kier molecular flexibility index (Phi) is 18.7. The van der Waals surface area contributed by atoms with Crippen molar-refractivity contribution in [2.75, 3.05) is 13.7 Å². The van der Waals surface area contributed by atoms with E-state index in [9.17, 15) is 14.7 Å². The Morgan fingerprint density at radius 2 is 1.41 bits per heavy atom. The molecule has 1 atom stereocenters. The van der Waals surface area contributed by atoms with E-state index in [1.54, 1.807) is 24.3 Å². The summed E-state index contributed by atoms with van der Waals surface area (Å²) in [5, 5.41) is 9.48. The van der Waals surface area contributed by atoms with Gasteiger partial charge in [-0.15, -0.1) is 0 Å². The largest absolute Gasteiger partial charge is 0.507 e. The molecule has 0 spiro atoms. The summed E-state index contributed by atoms with van der Waals surface area (Å²) < 4.78 is 15.7. The number of ether oxygens (including phenoxy) is 3. The number of rotatable bonds is 17. The summed E-state index contributed by atoms with van der Waals surface area (Å²) in [6, 6.07) is 16.0. The second kappa shape index (κ2) is 21.6. The first-order valence-electron chi connectivity index (χ1n) is 14.4. The number of methoxy groups -OCH3 is 1. The van der Waals surface area contributed by atoms with E-state index in [0.717, 1.165) is 31.2 Å². The molecule has 0 saturated carbocycles. The van der Waals surface area contributed by atoms with Crippen molar-refractivity contribution >= 4 is 18.0 Å². The number of unbranched alkanes of at least 4 members (excludes halogenated alkanes) is 8. The van der Waals surface area contributed by atoms with Gasteiger partial charge in [-0.2, -0.15) is 0 Å². The van der Waals surface area contributed by atoms with Crippen LogP contribution in [0.1, 0.15) is 107 Å². The molecule has 6 heteroatoms. The molecule has 0 aliphatic carbocycles. The first-order valence-corrected chi connectivity index (χ1v) is 14.4. The lowest BCUT2D eigenvalue weighted by molar-refractivity contribution is -0.147. The number of carbonyl (C=O) groups excluding carboxylic acids is 2. The van der Waals surface area contributed by atoms with Crippen molar-refractivity contribution < 1.29 is 28.9 Å². The molecular formula is C33H48O6. The topological polar surface area (TPSA) is 82.1 Å². The van der Waals surface area contributed by atoms with Crippen LogP contribution < -0.4 is 0 Å². The minimum Gasteiger partial charge on any atom is -0.507 e. The van der Waals surface area contributed by atoms with E-state index in [0.29, 0.717) is 6.61 Å². The van der Waals surface area contributed by atoms with Crippen molar-refractivity contribution in [1.29, 1.82) is 0 Å². The van der Waals surface area contributed by atoms with Gasteiger partial charge in [0.25, 0.3) is 0 Å². The van der Waals surface area contributed by atoms with Gasteiger partial charge >= 0.3 is 11.9 Å². The quantitative estimate of drug-likeness (QED) is 0.0937. The molecule has 0 saturated heterocycles. The zero-order valence-electron chi connectivity index (χ0n) is 24.3. The molecule has 2 rings (SSSR count). The number of esters is 2. The van der Waals surface area contributed by atoms with Gasteiger partial charge in [-0.1, -0.05) is 108 Å². The fourth-order valence-electron chi connectivity index (χ4n) is 3.83. The number of carbonyl (C=O) groups is 2. The zero-order chi connectivity index (χ0) is 28.7. The Hall–Kier alpha value is -3.28. The predicted molar refractivity (Wildman–Crippen MR) is 158 cm³/mol. The molecule has 0 amide bonds. The number of aromatic hydroxyl groups is 1. The average Bonchev–Trinajstić information content (AvgIpc) is 2.94. The minimum absolute atomic E-state index is 0.0227. The summed E-state index contributed by atoms with van der Waals surface area (Å²) in [7, 11) is 1.49. The fourth-order valence-corrected chi connectivity index (χ4v) is 3.83. The average molecular weight is 541 g/mol. The van der Waals surface area contributed by atoms with Crippen molar-refractivity contribution in [1.82, 2.24) is 0 Å². The Balaban J connectivity index is 0.000000395. The normalized spacial score (nSPS) is 11.6. The number of phenols is 1. The third kappa shape index (κ3) is 15.7. The third-order valence-corrected chi connectivity index (χ3v) is 6.15. The van der Waals surface area contributed by atoms with Crippen LogP contribution in [0, 0.1) is 0 Å². The van der Waals surface area contributed by atoms with Crippen molar-refractivity contribution in [2.45, 2.75) is 97.5 Å². The minimum atomic E-state index is -0.443. The van der Waals surface area contributed by atoms with Gasteiger partial charge in [-0.3, -0.25) is 0 Å². The molecule has 216 valence electrons. The monoisotopic (exact) mass is 540 g/mol. The third-order valence-electron chi connectivity index (χ3n) is 6.15. The summed E-state index contributed by atoms with van der Waals surface area (Å²) in [6.45, 7) is 6.73. The van der Waals surface area contributed by atoms with Crippen LogP contribution >= 0.6 is 0 Å². The summed E-state index contributed by atoms with van der Waals surface area (Å²) >= 11 is 0. The number of para-hydroxylation sites is 1. The van der Waals surface area contributed by atoms with Crippen LogP contribution in [0.3, 0.4) is 0 Å². The van der Waals surface area contributed by atoms with Crippen molar-refractivity contribution in [3.8, 4) is 5.75 Å². The van der Waals surface area contributed by atoms with Gasteiger partial charge in [-0.05, 0) is 50.0 Å². The summed E-state index contributed by atoms with van der Waals surface area (Å²) in [5.74, 6) is -0.627. The molecule has 0 aromatic heterocycles. The predicted octanol–water partition coefficient (Wildman–Crippen LogP) is 8.49. The van der Waals surface area contributed by atoms with Gasteiger partial charge in [0.2, 0.25) is 5.76 Å². The highest BCUT2D eigenvalue weighted by Gasteiger charge is 2.15. The highest BCUT2D eigenvalue weighted by atomic mass is 16.6. The molecule has 1 unspecified atom stereocenters. The molecule has 2 aromatic carbocycles. The standard InChI is InChI=1S/C18H26O3.C15H22O3/c1-4-5-6-8-11-15(2)21-18(19)17(20-3)14-16-12-9-7-10-13-16;1-2-3-4-5-6-9-12-18-15(17)13-10-7-8-11-14(13)16/h7,9-10,12-15H,4-6,8,11H2,1-3H3;7-8,10-11,16H,2-6,9,12H2,1H3. The van der Waals surface area contributed by atoms with Gasteiger partial charge in [0.05, 0.1) is 19.8 Å². The van der Waals surface area contributed by atoms with Gasteiger partial charge < -0.3 is 19.3 Å². The maximum atomic E-state index is 12.1. The van der Waals surface area contributed by atoms with Crippen LogP contribution in [-0.2, 0) is 19.0 Å². The molecule has 2 aromatic rings. The molecule has 1 N–H and O–H groups in total. The molecule has 0 radical (unpaired) electrons. The van der Waals surface area contributed by atoms with Crippen molar-refractivity contribution in [2.24, 2.45) is 0 Å². The second-order valence-corrected chi connectivity index (χ2v) is 9.61. The molecule has 0 bridgehead atoms. The van der Waals surface area contributed by atoms with Crippen LogP contribution in [-0.4, -0.2) is 36.9 Å². The molecule has 0 aliphatic heterocycles. The van der Waals surface area contributed by atoms with Crippen molar-refractivity contribution in [3.05, 3.63) is 71.5 Å². The summed E-state index contributed by atoms with van der Waals surface area (Å²) in [5.41, 5.74) is 1.16. The van der Waals surface area contributed by atoms with E-state index >= 15 is 0 Å². The smallest absolute Gasteiger partial charge is 0.373 e. The lowest BCUT2D eigenvalue weighted by Crippen LogP contribution is -2.17. The van der Waals surface area contributed by atoms with E-state index in [1.165, 1.54) is 58.1 Å². The maximum Gasteiger partial charge on any atom is 0.373 e. The van der Waals surface area contributed by atoms with E-state index < -0.39 is 11.9 Å². The van der Waals surface area contributed by atoms with Crippen LogP contribution in [0.4, 0.5) is 0 Å². The summed E-state index contributed by atoms with van der Waals surface area (Å²) in [4.78, 5) is 23.7. The van der Waals surface area contributed by atoms with E-state index in [4.69, 9.17) is 14.2 Å². The Labute approximate surface area is 235 Å². The van der Waals surface area contributed by atoms with Gasteiger partial charge in [0, 0.05) is 0 Å². The Bertz CT molecular complexity index is 954. The number of benzene rings is 2. The van der Waals surface area contributed by atoms with E-state index in [2.05, 4.69) is 13.8 Å². The van der Waals surface area contributed by atoms with E-state index in [-0.39, 0.29) is 23.2 Å². The van der Waals surface area contributed by atoms with Gasteiger partial charge in [-0.25, -0.2) is 9.59 Å². The van der Waals surface area contributed by atoms with Crippen LogP contribution in [0.25, 0.3) is 6.08 Å². The lowest BCUT2D eigenvalue weighted by Gasteiger charge is -2.14. The second-order valence-electron chi connectivity index (χ2n) is 9.61. The Morgan fingerprint density at radius 1 is 0.821 bits per heavy atom. The molecule has 0 fully saturated rings. The van der Waals surface area contributed by atoms with Crippen molar-refractivity contribution in [3.63, 3.8) is 0 Å². The molecule has 0 aliphatic rings. The number of hydrogen-bond donors (Lipinski definition) is 1. The van der Waals surface area contributed by atoms with Gasteiger partial charge in [0.15, 0.2) is 0 Å². The highest BCUT2D eigenvalue weighted by Crippen LogP contribution is 2.17. The lowest BCUT2D eigenvalue weighted by atomic mass is 10.1. The van der Waals surface area contributed by atoms with Crippen LogP contribution in [0.2, 0.25) is 0 Å². The SMILES string of the molecule is CCCCCCC(C)OC(=O)C(=Cc1ccccc1)OC.CCCCCCCCOC(=O)c1ccccc1O.